The number of pyridine rings is 1. The Bertz CT molecular complexity index is 2590. The zero-order valence-corrected chi connectivity index (χ0v) is 40.8. The number of carbonyl (C=O) groups is 1. The van der Waals surface area contributed by atoms with Crippen LogP contribution in [0.5, 0.6) is 17.2 Å². The molecule has 0 radical (unpaired) electrons. The Morgan fingerprint density at radius 3 is 1.97 bits per heavy atom. The van der Waals surface area contributed by atoms with E-state index in [1.807, 2.05) is 97.9 Å². The molecule has 0 aliphatic rings. The van der Waals surface area contributed by atoms with Gasteiger partial charge in [0.05, 0.1) is 80.8 Å². The topological polar surface area (TPSA) is 180 Å². The number of anilines is 1. The highest BCUT2D eigenvalue weighted by atomic mass is 31.2. The Morgan fingerprint density at radius 2 is 1.40 bits per heavy atom. The van der Waals surface area contributed by atoms with Crippen molar-refractivity contribution in [1.29, 1.82) is 5.26 Å². The van der Waals surface area contributed by atoms with E-state index in [0.29, 0.717) is 46.6 Å². The van der Waals surface area contributed by atoms with Gasteiger partial charge in [-0.25, -0.2) is 9.65 Å². The Labute approximate surface area is 399 Å². The van der Waals surface area contributed by atoms with Crippen molar-refractivity contribution in [1.82, 2.24) is 15.0 Å². The van der Waals surface area contributed by atoms with Gasteiger partial charge in [-0.3, -0.25) is 14.9 Å². The molecule has 0 bridgehead atoms. The van der Waals surface area contributed by atoms with E-state index < -0.39 is 31.2 Å². The lowest BCUT2D eigenvalue weighted by molar-refractivity contribution is -0.384. The second kappa shape index (κ2) is 24.1. The zero-order valence-electron chi connectivity index (χ0n) is 39.9. The summed E-state index contributed by atoms with van der Waals surface area (Å²) in [5, 5.41) is 29.3. The van der Waals surface area contributed by atoms with Gasteiger partial charge in [-0.1, -0.05) is 54.6 Å². The molecule has 1 heterocycles. The van der Waals surface area contributed by atoms with Crippen molar-refractivity contribution >= 4 is 47.6 Å². The van der Waals surface area contributed by atoms with Crippen LogP contribution in [0.1, 0.15) is 70.6 Å². The summed E-state index contributed by atoms with van der Waals surface area (Å²) in [6.07, 6.45) is 0.129. The minimum absolute atomic E-state index is 0.00575. The summed E-state index contributed by atoms with van der Waals surface area (Å²) >= 11 is 0. The highest BCUT2D eigenvalue weighted by Crippen LogP contribution is 2.48. The van der Waals surface area contributed by atoms with Crippen LogP contribution in [0.4, 0.5) is 11.4 Å². The zero-order chi connectivity index (χ0) is 48.8. The minimum Gasteiger partial charge on any atom is -0.497 e. The van der Waals surface area contributed by atoms with E-state index >= 15 is 0 Å². The molecule has 3 atom stereocenters. The van der Waals surface area contributed by atoms with Crippen molar-refractivity contribution in [3.05, 3.63) is 142 Å². The van der Waals surface area contributed by atoms with E-state index in [0.717, 1.165) is 27.8 Å². The van der Waals surface area contributed by atoms with Crippen LogP contribution < -0.4 is 24.8 Å². The second-order valence-electron chi connectivity index (χ2n) is 16.7. The number of fused-ring (bicyclic) bond motifs is 2. The SMILES string of the molecule is COc1ccc(C(OC[C@@H](NC(=O)CCCNc2c3ccc([N+](=O)[O-])cc3nc3ccc(OC)cc23)[C@@H](C)OP(OCCC#N)N(C(C)C)C(C)C)(c2ccccc2)c2ccc(OC)cc2)cc1. The number of rotatable bonds is 25. The standard InChI is InChI=1S/C52H61N6O9P/c1-35(2)57(36(3)4)68(66-31-13-29-53)67-37(5)49(34-65-52(38-14-10-9-11-15-38,39-17-22-42(62-6)23-18-39)40-19-24-43(63-7)25-20-40)56-50(59)16-12-30-54-51-45-27-21-41(58(60)61)32-48(45)55-47-28-26-44(64-8)33-46(47)51/h9-11,14-15,17-28,32-33,35-37,49H,12-13,16,30-31,34H2,1-8H3,(H,54,55)(H,56,59)/t37-,49-,68?/m1/s1. The molecule has 0 aliphatic carbocycles. The number of hydrogen-bond acceptors (Lipinski definition) is 13. The van der Waals surface area contributed by atoms with Crippen LogP contribution in [-0.2, 0) is 24.2 Å². The number of nitriles is 1. The number of ether oxygens (including phenoxy) is 4. The lowest BCUT2D eigenvalue weighted by atomic mass is 9.80. The predicted octanol–water partition coefficient (Wildman–Crippen LogP) is 10.7. The largest absolute Gasteiger partial charge is 0.497 e. The van der Waals surface area contributed by atoms with Gasteiger partial charge in [0.2, 0.25) is 5.91 Å². The number of benzene rings is 5. The van der Waals surface area contributed by atoms with Gasteiger partial charge in [-0.15, -0.1) is 0 Å². The van der Waals surface area contributed by atoms with Gasteiger partial charge in [0.15, 0.2) is 0 Å². The number of nitrogens with zero attached hydrogens (tertiary/aromatic N) is 4. The maximum atomic E-state index is 14.3. The smallest absolute Gasteiger partial charge is 0.271 e. The first-order chi connectivity index (χ1) is 32.8. The lowest BCUT2D eigenvalue weighted by Crippen LogP contribution is -2.49. The van der Waals surface area contributed by atoms with Crippen LogP contribution >= 0.6 is 8.53 Å². The molecule has 1 amide bonds. The number of carbonyl (C=O) groups excluding carboxylic acids is 1. The van der Waals surface area contributed by atoms with Gasteiger partial charge < -0.3 is 38.6 Å². The molecule has 2 N–H and O–H groups in total. The first kappa shape index (κ1) is 51.0. The summed E-state index contributed by atoms with van der Waals surface area (Å²) < 4.78 is 39.3. The molecule has 1 aromatic heterocycles. The molecule has 358 valence electrons. The number of hydrogen-bond donors (Lipinski definition) is 2. The maximum absolute atomic E-state index is 14.3. The normalized spacial score (nSPS) is 13.0. The summed E-state index contributed by atoms with van der Waals surface area (Å²) in [4.78, 5) is 30.2. The van der Waals surface area contributed by atoms with Gasteiger partial charge in [0.25, 0.3) is 14.2 Å². The number of amides is 1. The van der Waals surface area contributed by atoms with Gasteiger partial charge >= 0.3 is 0 Å². The van der Waals surface area contributed by atoms with Gasteiger partial charge in [0.1, 0.15) is 22.8 Å². The first-order valence-corrected chi connectivity index (χ1v) is 23.8. The lowest BCUT2D eigenvalue weighted by Gasteiger charge is -2.40. The van der Waals surface area contributed by atoms with E-state index in [9.17, 15) is 20.2 Å². The minimum atomic E-state index is -1.69. The van der Waals surface area contributed by atoms with Crippen molar-refractivity contribution in [3.8, 4) is 23.3 Å². The maximum Gasteiger partial charge on any atom is 0.271 e. The molecule has 5 aromatic carbocycles. The summed E-state index contributed by atoms with van der Waals surface area (Å²) in [6, 6.07) is 37.1. The molecular weight excluding hydrogens is 884 g/mol. The van der Waals surface area contributed by atoms with Crippen molar-refractivity contribution in [2.24, 2.45) is 0 Å². The fourth-order valence-corrected chi connectivity index (χ4v) is 9.91. The predicted molar refractivity (Wildman–Crippen MR) is 266 cm³/mol. The van der Waals surface area contributed by atoms with E-state index in [2.05, 4.69) is 49.1 Å². The summed E-state index contributed by atoms with van der Waals surface area (Å²) in [5.41, 5.74) is 3.11. The molecular formula is C52H61N6O9P. The van der Waals surface area contributed by atoms with Crippen LogP contribution in [0, 0.1) is 21.4 Å². The average molecular weight is 945 g/mol. The fourth-order valence-electron chi connectivity index (χ4n) is 8.18. The number of nitrogens with one attached hydrogen (secondary N) is 2. The second-order valence-corrected chi connectivity index (χ2v) is 18.1. The molecule has 1 unspecified atom stereocenters. The summed E-state index contributed by atoms with van der Waals surface area (Å²) in [7, 11) is 3.15. The molecule has 6 aromatic rings. The van der Waals surface area contributed by atoms with Gasteiger partial charge in [-0.05, 0) is 106 Å². The Kier molecular flexibility index (Phi) is 18.0. The molecule has 6 rings (SSSR count). The number of aromatic nitrogens is 1. The third kappa shape index (κ3) is 12.2. The first-order valence-electron chi connectivity index (χ1n) is 22.7. The van der Waals surface area contributed by atoms with E-state index in [4.69, 9.17) is 33.0 Å². The van der Waals surface area contributed by atoms with Crippen molar-refractivity contribution in [2.45, 2.75) is 83.7 Å². The van der Waals surface area contributed by atoms with Crippen molar-refractivity contribution in [2.75, 3.05) is 46.4 Å². The average Bonchev–Trinajstić information content (AvgIpc) is 3.34. The van der Waals surface area contributed by atoms with E-state index in [-0.39, 0.29) is 49.7 Å². The number of nitro groups is 1. The molecule has 0 saturated heterocycles. The quantitative estimate of drug-likeness (QED) is 0.0138. The highest BCUT2D eigenvalue weighted by molar-refractivity contribution is 7.44. The summed E-state index contributed by atoms with van der Waals surface area (Å²) in [6.45, 7) is 10.8. The Morgan fingerprint density at radius 1 is 0.794 bits per heavy atom. The molecule has 0 fully saturated rings. The molecule has 16 heteroatoms. The molecule has 0 aliphatic heterocycles. The molecule has 15 nitrogen and oxygen atoms in total. The van der Waals surface area contributed by atoms with Crippen LogP contribution in [0.15, 0.2) is 115 Å². The number of non-ortho nitro benzene ring substituents is 1. The Hall–Kier alpha value is -6.40. The van der Waals surface area contributed by atoms with Crippen LogP contribution in [0.3, 0.4) is 0 Å². The molecule has 0 saturated carbocycles. The molecule has 68 heavy (non-hydrogen) atoms. The number of methoxy groups -OCH3 is 3. The van der Waals surface area contributed by atoms with Crippen molar-refractivity contribution < 1.29 is 37.7 Å². The van der Waals surface area contributed by atoms with E-state index in [1.165, 1.54) is 12.1 Å². The van der Waals surface area contributed by atoms with Gasteiger partial charge in [-0.2, -0.15) is 5.26 Å². The Balaban J connectivity index is 1.33. The van der Waals surface area contributed by atoms with E-state index in [1.54, 1.807) is 33.5 Å². The van der Waals surface area contributed by atoms with Crippen LogP contribution in [0.25, 0.3) is 21.8 Å². The van der Waals surface area contributed by atoms with Gasteiger partial charge in [0, 0.05) is 48.0 Å². The summed E-state index contributed by atoms with van der Waals surface area (Å²) in [5.74, 6) is 1.78. The third-order valence-corrected chi connectivity index (χ3v) is 13.8. The fraction of sp³-hybridized carbons (Fsp3) is 0.365. The monoisotopic (exact) mass is 944 g/mol. The third-order valence-electron chi connectivity index (χ3n) is 11.5. The van der Waals surface area contributed by atoms with Crippen LogP contribution in [0.2, 0.25) is 0 Å². The highest BCUT2D eigenvalue weighted by Gasteiger charge is 2.40. The van der Waals surface area contributed by atoms with Crippen molar-refractivity contribution in [3.63, 3.8) is 0 Å². The van der Waals surface area contributed by atoms with Crippen LogP contribution in [-0.4, -0.2) is 85.8 Å². The number of nitro benzene ring substituents is 1. The molecule has 0 spiro atoms.